The lowest BCUT2D eigenvalue weighted by molar-refractivity contribution is 0.388. The second-order valence-electron chi connectivity index (χ2n) is 6.00. The largest absolute Gasteiger partial charge is 0.496 e. The summed E-state index contributed by atoms with van der Waals surface area (Å²) in [5.41, 5.74) is 6.24. The summed E-state index contributed by atoms with van der Waals surface area (Å²) < 4.78 is 5.73. The van der Waals surface area contributed by atoms with Gasteiger partial charge in [-0.15, -0.1) is 0 Å². The zero-order valence-electron chi connectivity index (χ0n) is 12.2. The Morgan fingerprint density at radius 1 is 1.11 bits per heavy atom. The number of fused-ring (bicyclic) bond motifs is 1. The lowest BCUT2D eigenvalue weighted by Gasteiger charge is -2.30. The van der Waals surface area contributed by atoms with Gasteiger partial charge in [0.1, 0.15) is 5.75 Å². The molecule has 1 saturated heterocycles. The highest BCUT2D eigenvalue weighted by molar-refractivity contribution is 5.52. The van der Waals surface area contributed by atoms with Gasteiger partial charge in [-0.2, -0.15) is 0 Å². The van der Waals surface area contributed by atoms with E-state index in [-0.39, 0.29) is 0 Å². The summed E-state index contributed by atoms with van der Waals surface area (Å²) in [5, 5.41) is 3.47. The zero-order chi connectivity index (χ0) is 13.2. The Morgan fingerprint density at radius 2 is 1.79 bits per heavy atom. The van der Waals surface area contributed by atoms with Crippen molar-refractivity contribution in [3.05, 3.63) is 28.3 Å². The van der Waals surface area contributed by atoms with E-state index < -0.39 is 0 Å². The second kappa shape index (κ2) is 5.54. The minimum atomic E-state index is 0.698. The van der Waals surface area contributed by atoms with E-state index >= 15 is 0 Å². The van der Waals surface area contributed by atoms with Crippen molar-refractivity contribution in [1.29, 1.82) is 0 Å². The Balaban J connectivity index is 2.09. The van der Waals surface area contributed by atoms with E-state index in [0.29, 0.717) is 5.92 Å². The van der Waals surface area contributed by atoms with E-state index in [4.69, 9.17) is 4.74 Å². The normalized spacial score (nSPS) is 20.1. The van der Waals surface area contributed by atoms with Crippen molar-refractivity contribution < 1.29 is 4.74 Å². The van der Waals surface area contributed by atoms with Gasteiger partial charge in [-0.25, -0.2) is 0 Å². The molecule has 1 heterocycles. The summed E-state index contributed by atoms with van der Waals surface area (Å²) in [6, 6.07) is 2.28. The lowest BCUT2D eigenvalue weighted by Crippen LogP contribution is -2.28. The molecule has 0 saturated carbocycles. The minimum absolute atomic E-state index is 0.698. The number of piperidine rings is 1. The van der Waals surface area contributed by atoms with Crippen molar-refractivity contribution in [2.45, 2.75) is 51.4 Å². The van der Waals surface area contributed by atoms with Crippen molar-refractivity contribution in [1.82, 2.24) is 5.32 Å². The molecule has 1 aromatic carbocycles. The van der Waals surface area contributed by atoms with Crippen molar-refractivity contribution in [3.8, 4) is 5.75 Å². The number of hydrogen-bond donors (Lipinski definition) is 1. The standard InChI is InChI=1S/C17H25NO/c1-12-11-16(19-2)17(13-7-9-18-10-8-13)15-6-4-3-5-14(12)15/h11,13,18H,3-10H2,1-2H3. The summed E-state index contributed by atoms with van der Waals surface area (Å²) in [6.45, 7) is 4.55. The number of aryl methyl sites for hydroxylation is 1. The Hall–Kier alpha value is -1.02. The van der Waals surface area contributed by atoms with Crippen LogP contribution in [-0.4, -0.2) is 20.2 Å². The van der Waals surface area contributed by atoms with Crippen LogP contribution in [-0.2, 0) is 12.8 Å². The van der Waals surface area contributed by atoms with E-state index in [2.05, 4.69) is 18.3 Å². The quantitative estimate of drug-likeness (QED) is 0.879. The van der Waals surface area contributed by atoms with Gasteiger partial charge in [-0.05, 0) is 87.2 Å². The van der Waals surface area contributed by atoms with E-state index in [1.807, 2.05) is 7.11 Å². The summed E-state index contributed by atoms with van der Waals surface area (Å²) in [6.07, 6.45) is 7.73. The van der Waals surface area contributed by atoms with Crippen LogP contribution in [0.25, 0.3) is 0 Å². The fraction of sp³-hybridized carbons (Fsp3) is 0.647. The summed E-state index contributed by atoms with van der Waals surface area (Å²) >= 11 is 0. The molecular weight excluding hydrogens is 234 g/mol. The molecule has 104 valence electrons. The van der Waals surface area contributed by atoms with Gasteiger partial charge in [0.05, 0.1) is 7.11 Å². The van der Waals surface area contributed by atoms with Crippen molar-refractivity contribution in [2.75, 3.05) is 20.2 Å². The molecular formula is C17H25NO. The number of benzene rings is 1. The molecule has 0 unspecified atom stereocenters. The third-order valence-electron chi connectivity index (χ3n) is 4.85. The van der Waals surface area contributed by atoms with Crippen molar-refractivity contribution in [2.24, 2.45) is 0 Å². The van der Waals surface area contributed by atoms with E-state index in [9.17, 15) is 0 Å². The predicted octanol–water partition coefficient (Wildman–Crippen LogP) is 3.35. The molecule has 2 aliphatic rings. The van der Waals surface area contributed by atoms with Crippen molar-refractivity contribution in [3.63, 3.8) is 0 Å². The smallest absolute Gasteiger partial charge is 0.122 e. The number of hydrogen-bond acceptors (Lipinski definition) is 2. The van der Waals surface area contributed by atoms with Gasteiger partial charge in [-0.3, -0.25) is 0 Å². The van der Waals surface area contributed by atoms with Gasteiger partial charge >= 0.3 is 0 Å². The number of nitrogens with one attached hydrogen (secondary N) is 1. The number of methoxy groups -OCH3 is 1. The van der Waals surface area contributed by atoms with E-state index in [0.717, 1.165) is 18.8 Å². The molecule has 19 heavy (non-hydrogen) atoms. The minimum Gasteiger partial charge on any atom is -0.496 e. The van der Waals surface area contributed by atoms with E-state index in [1.165, 1.54) is 44.1 Å². The molecule has 1 aromatic rings. The fourth-order valence-corrected chi connectivity index (χ4v) is 3.88. The third kappa shape index (κ3) is 2.38. The van der Waals surface area contributed by atoms with Crippen LogP contribution in [0.4, 0.5) is 0 Å². The maximum absolute atomic E-state index is 5.73. The molecule has 2 nitrogen and oxygen atoms in total. The Morgan fingerprint density at radius 3 is 2.47 bits per heavy atom. The number of ether oxygens (including phenoxy) is 1. The molecule has 0 aromatic heterocycles. The maximum Gasteiger partial charge on any atom is 0.122 e. The average Bonchev–Trinajstić information content (AvgIpc) is 2.48. The van der Waals surface area contributed by atoms with Crippen molar-refractivity contribution >= 4 is 0 Å². The molecule has 0 radical (unpaired) electrons. The molecule has 1 aliphatic carbocycles. The molecule has 0 amide bonds. The van der Waals surface area contributed by atoms with Crippen LogP contribution in [0.1, 0.15) is 53.9 Å². The zero-order valence-corrected chi connectivity index (χ0v) is 12.2. The highest BCUT2D eigenvalue weighted by Gasteiger charge is 2.26. The monoisotopic (exact) mass is 259 g/mol. The Kier molecular flexibility index (Phi) is 3.79. The average molecular weight is 259 g/mol. The van der Waals surface area contributed by atoms with Gasteiger partial charge in [0.25, 0.3) is 0 Å². The van der Waals surface area contributed by atoms with Crippen LogP contribution >= 0.6 is 0 Å². The van der Waals surface area contributed by atoms with Gasteiger partial charge in [0, 0.05) is 5.56 Å². The highest BCUT2D eigenvalue weighted by atomic mass is 16.5. The van der Waals surface area contributed by atoms with Gasteiger partial charge in [0.2, 0.25) is 0 Å². The number of rotatable bonds is 2. The van der Waals surface area contributed by atoms with Crippen LogP contribution in [0.2, 0.25) is 0 Å². The van der Waals surface area contributed by atoms with Crippen LogP contribution in [0, 0.1) is 6.92 Å². The maximum atomic E-state index is 5.73. The second-order valence-corrected chi connectivity index (χ2v) is 6.00. The first-order chi connectivity index (χ1) is 9.31. The predicted molar refractivity (Wildman–Crippen MR) is 79.2 cm³/mol. The lowest BCUT2D eigenvalue weighted by atomic mass is 9.78. The highest BCUT2D eigenvalue weighted by Crippen LogP contribution is 2.41. The fourth-order valence-electron chi connectivity index (χ4n) is 3.88. The molecule has 1 fully saturated rings. The molecule has 0 spiro atoms. The Labute approximate surface area is 116 Å². The molecule has 2 heteroatoms. The van der Waals surface area contributed by atoms with Crippen LogP contribution in [0.5, 0.6) is 5.75 Å². The summed E-state index contributed by atoms with van der Waals surface area (Å²) in [5.74, 6) is 1.84. The molecule has 0 bridgehead atoms. The topological polar surface area (TPSA) is 21.3 Å². The third-order valence-corrected chi connectivity index (χ3v) is 4.85. The van der Waals surface area contributed by atoms with Gasteiger partial charge in [0.15, 0.2) is 0 Å². The van der Waals surface area contributed by atoms with Gasteiger partial charge < -0.3 is 10.1 Å². The van der Waals surface area contributed by atoms with Crippen LogP contribution in [0.15, 0.2) is 6.07 Å². The first-order valence-electron chi connectivity index (χ1n) is 7.71. The van der Waals surface area contributed by atoms with E-state index in [1.54, 1.807) is 16.7 Å². The Bertz CT molecular complexity index is 461. The van der Waals surface area contributed by atoms with Crippen LogP contribution < -0.4 is 10.1 Å². The molecule has 1 N–H and O–H groups in total. The molecule has 3 rings (SSSR count). The summed E-state index contributed by atoms with van der Waals surface area (Å²) in [7, 11) is 1.83. The summed E-state index contributed by atoms with van der Waals surface area (Å²) in [4.78, 5) is 0. The molecule has 1 aliphatic heterocycles. The first-order valence-corrected chi connectivity index (χ1v) is 7.71. The van der Waals surface area contributed by atoms with Crippen LogP contribution in [0.3, 0.4) is 0 Å². The van der Waals surface area contributed by atoms with Gasteiger partial charge in [-0.1, -0.05) is 0 Å². The SMILES string of the molecule is COc1cc(C)c2c(c1C1CCNCC1)CCCC2. The first kappa shape index (κ1) is 13.0. The molecule has 0 atom stereocenters.